The highest BCUT2D eigenvalue weighted by Crippen LogP contribution is 2.27. The highest BCUT2D eigenvalue weighted by molar-refractivity contribution is 7.89. The minimum absolute atomic E-state index is 0.0883. The second-order valence-corrected chi connectivity index (χ2v) is 8.40. The summed E-state index contributed by atoms with van der Waals surface area (Å²) in [7, 11) is -3.97. The lowest BCUT2D eigenvalue weighted by molar-refractivity contribution is -0.126. The number of pyridine rings is 1. The molecule has 0 atom stereocenters. The molecule has 4 N–H and O–H groups in total. The van der Waals surface area contributed by atoms with Gasteiger partial charge < -0.3 is 16.2 Å². The molecular formula is C18H22N4O4S. The molecule has 0 radical (unpaired) electrons. The van der Waals surface area contributed by atoms with Gasteiger partial charge in [-0.1, -0.05) is 25.3 Å². The van der Waals surface area contributed by atoms with Crippen molar-refractivity contribution >= 4 is 15.9 Å². The topological polar surface area (TPSA) is 126 Å². The number of aliphatic hydroxyl groups is 1. The number of rotatable bonds is 4. The Hall–Kier alpha value is -2.65. The van der Waals surface area contributed by atoms with Gasteiger partial charge in [-0.25, -0.2) is 9.29 Å². The highest BCUT2D eigenvalue weighted by atomic mass is 32.2. The summed E-state index contributed by atoms with van der Waals surface area (Å²) in [4.78, 5) is 16.4. The fourth-order valence-electron chi connectivity index (χ4n) is 3.06. The van der Waals surface area contributed by atoms with Crippen LogP contribution in [0.5, 0.6) is 0 Å². The lowest BCUT2D eigenvalue weighted by atomic mass is 9.82. The van der Waals surface area contributed by atoms with Gasteiger partial charge >= 0.3 is 0 Å². The first-order valence-electron chi connectivity index (χ1n) is 8.67. The maximum Gasteiger partial charge on any atom is 0.285 e. The van der Waals surface area contributed by atoms with Crippen LogP contribution in [0.25, 0.3) is 0 Å². The Morgan fingerprint density at radius 1 is 1.26 bits per heavy atom. The second-order valence-electron chi connectivity index (χ2n) is 6.61. The molecule has 1 aliphatic heterocycles. The van der Waals surface area contributed by atoms with Crippen LogP contribution in [0.1, 0.15) is 32.1 Å². The van der Waals surface area contributed by atoms with Crippen molar-refractivity contribution in [2.75, 3.05) is 0 Å². The van der Waals surface area contributed by atoms with Gasteiger partial charge in [-0.05, 0) is 37.1 Å². The molecule has 27 heavy (non-hydrogen) atoms. The van der Waals surface area contributed by atoms with Gasteiger partial charge in [0.15, 0.2) is 10.8 Å². The minimum Gasteiger partial charge on any atom is -0.504 e. The van der Waals surface area contributed by atoms with Gasteiger partial charge in [-0.2, -0.15) is 8.42 Å². The van der Waals surface area contributed by atoms with Crippen LogP contribution in [0, 0.1) is 0 Å². The zero-order chi connectivity index (χ0) is 19.5. The zero-order valence-corrected chi connectivity index (χ0v) is 15.5. The number of hydrogen-bond acceptors (Lipinski definition) is 6. The summed E-state index contributed by atoms with van der Waals surface area (Å²) in [5.41, 5.74) is 5.32. The third kappa shape index (κ3) is 4.04. The number of aromatic nitrogens is 1. The number of sulfonamides is 1. The van der Waals surface area contributed by atoms with E-state index in [0.29, 0.717) is 12.8 Å². The van der Waals surface area contributed by atoms with E-state index >= 15 is 0 Å². The number of aliphatic hydroxyl groups excluding tert-OH is 1. The van der Waals surface area contributed by atoms with Crippen molar-refractivity contribution in [1.29, 1.82) is 0 Å². The van der Waals surface area contributed by atoms with Crippen molar-refractivity contribution in [3.63, 3.8) is 0 Å². The predicted octanol–water partition coefficient (Wildman–Crippen LogP) is 1.66. The second kappa shape index (κ2) is 7.53. The van der Waals surface area contributed by atoms with Gasteiger partial charge in [0.2, 0.25) is 5.91 Å². The number of hydrogen-bond donors (Lipinski definition) is 3. The van der Waals surface area contributed by atoms with Crippen molar-refractivity contribution in [3.05, 3.63) is 60.4 Å². The summed E-state index contributed by atoms with van der Waals surface area (Å²) in [5, 5.41) is 12.8. The van der Waals surface area contributed by atoms with Crippen LogP contribution < -0.4 is 11.1 Å². The van der Waals surface area contributed by atoms with E-state index in [0.717, 1.165) is 29.8 Å². The highest BCUT2D eigenvalue weighted by Gasteiger charge is 2.36. The van der Waals surface area contributed by atoms with Crippen LogP contribution in [-0.4, -0.2) is 34.3 Å². The first-order valence-corrected chi connectivity index (χ1v) is 10.1. The fraction of sp³-hybridized carbons (Fsp3) is 0.333. The monoisotopic (exact) mass is 390 g/mol. The molecule has 3 rings (SSSR count). The molecule has 1 aromatic rings. The average molecular weight is 390 g/mol. The maximum absolute atomic E-state index is 12.6. The van der Waals surface area contributed by atoms with Gasteiger partial charge in [0.05, 0.1) is 17.4 Å². The molecule has 1 fully saturated rings. The van der Waals surface area contributed by atoms with E-state index < -0.39 is 21.3 Å². The summed E-state index contributed by atoms with van der Waals surface area (Å²) < 4.78 is 26.1. The van der Waals surface area contributed by atoms with E-state index in [4.69, 9.17) is 5.73 Å². The number of allylic oxidation sites excluding steroid dienone is 2. The quantitative estimate of drug-likeness (QED) is 0.718. The normalized spacial score (nSPS) is 19.7. The number of carbonyl (C=O) groups is 1. The van der Waals surface area contributed by atoms with Crippen molar-refractivity contribution in [2.45, 2.75) is 42.7 Å². The van der Waals surface area contributed by atoms with Gasteiger partial charge in [0.1, 0.15) is 0 Å². The molecule has 0 aromatic carbocycles. The van der Waals surface area contributed by atoms with Gasteiger partial charge in [-0.15, -0.1) is 0 Å². The number of amides is 1. The summed E-state index contributed by atoms with van der Waals surface area (Å²) in [5.74, 6) is -0.782. The van der Waals surface area contributed by atoms with Crippen LogP contribution in [0.2, 0.25) is 0 Å². The molecular weight excluding hydrogens is 368 g/mol. The Bertz CT molecular complexity index is 901. The van der Waals surface area contributed by atoms with E-state index in [1.54, 1.807) is 12.1 Å². The smallest absolute Gasteiger partial charge is 0.285 e. The molecule has 0 saturated heterocycles. The van der Waals surface area contributed by atoms with Gasteiger partial charge in [0.25, 0.3) is 10.0 Å². The summed E-state index contributed by atoms with van der Waals surface area (Å²) in [6, 6.07) is 4.52. The van der Waals surface area contributed by atoms with E-state index in [9.17, 15) is 18.3 Å². The van der Waals surface area contributed by atoms with Crippen molar-refractivity contribution in [1.82, 2.24) is 14.6 Å². The van der Waals surface area contributed by atoms with E-state index in [1.165, 1.54) is 30.6 Å². The Labute approximate surface area is 158 Å². The van der Waals surface area contributed by atoms with E-state index in [1.807, 2.05) is 0 Å². The summed E-state index contributed by atoms with van der Waals surface area (Å²) in [6.07, 6.45) is 10.4. The third-order valence-corrected chi connectivity index (χ3v) is 6.20. The van der Waals surface area contributed by atoms with Crippen molar-refractivity contribution in [2.24, 2.45) is 5.73 Å². The number of carbonyl (C=O) groups excluding carboxylic acids is 1. The number of nitrogens with zero attached hydrogens (tertiary/aromatic N) is 2. The summed E-state index contributed by atoms with van der Waals surface area (Å²) >= 11 is 0. The average Bonchev–Trinajstić information content (AvgIpc) is 2.85. The largest absolute Gasteiger partial charge is 0.504 e. The Morgan fingerprint density at radius 3 is 2.67 bits per heavy atom. The fourth-order valence-corrected chi connectivity index (χ4v) is 4.19. The molecule has 0 bridgehead atoms. The van der Waals surface area contributed by atoms with E-state index in [-0.39, 0.29) is 16.6 Å². The lowest BCUT2D eigenvalue weighted by Gasteiger charge is -2.32. The number of nitrogens with two attached hydrogens (primary N) is 1. The molecule has 9 heteroatoms. The maximum atomic E-state index is 12.6. The van der Waals surface area contributed by atoms with Crippen LogP contribution >= 0.6 is 0 Å². The minimum atomic E-state index is -3.97. The predicted molar refractivity (Wildman–Crippen MR) is 99.3 cm³/mol. The molecule has 0 spiro atoms. The molecule has 8 nitrogen and oxygen atoms in total. The SMILES string of the molecule is NC1(C(=O)NC2=CC=CN(S(=O)(=O)c3ccccn3)C=C2O)CCCCC1. The van der Waals surface area contributed by atoms with Crippen LogP contribution in [-0.2, 0) is 14.8 Å². The number of nitrogens with one attached hydrogen (secondary N) is 1. The Kier molecular flexibility index (Phi) is 5.33. The molecule has 1 saturated carbocycles. The first-order chi connectivity index (χ1) is 12.8. The van der Waals surface area contributed by atoms with Crippen LogP contribution in [0.15, 0.2) is 65.4 Å². The molecule has 1 aliphatic carbocycles. The summed E-state index contributed by atoms with van der Waals surface area (Å²) in [6.45, 7) is 0. The first kappa shape index (κ1) is 19.1. The van der Waals surface area contributed by atoms with Crippen molar-refractivity contribution in [3.8, 4) is 0 Å². The standard InChI is InChI=1S/C18H22N4O4S/c19-18(9-3-1-4-10-18)17(24)21-14-7-6-12-22(13-15(14)23)27(25,26)16-8-2-5-11-20-16/h2,5-8,11-13,23H,1,3-4,9-10,19H2,(H,21,24). The molecule has 1 amide bonds. The molecule has 2 heterocycles. The third-order valence-electron chi connectivity index (χ3n) is 4.65. The lowest BCUT2D eigenvalue weighted by Crippen LogP contribution is -2.54. The molecule has 144 valence electrons. The zero-order valence-electron chi connectivity index (χ0n) is 14.7. The van der Waals surface area contributed by atoms with E-state index in [2.05, 4.69) is 10.3 Å². The molecule has 1 aromatic heterocycles. The molecule has 2 aliphatic rings. The molecule has 0 unspecified atom stereocenters. The van der Waals surface area contributed by atoms with Crippen LogP contribution in [0.3, 0.4) is 0 Å². The Morgan fingerprint density at radius 2 is 2.00 bits per heavy atom. The Balaban J connectivity index is 1.79. The van der Waals surface area contributed by atoms with Gasteiger partial charge in [0, 0.05) is 12.4 Å². The van der Waals surface area contributed by atoms with Gasteiger partial charge in [-0.3, -0.25) is 4.79 Å². The van der Waals surface area contributed by atoms with Crippen LogP contribution in [0.4, 0.5) is 0 Å². The van der Waals surface area contributed by atoms with Crippen molar-refractivity contribution < 1.29 is 18.3 Å².